The number of hydrogen-bond donors (Lipinski definition) is 2. The minimum atomic E-state index is -0.565. The van der Waals surface area contributed by atoms with Crippen LogP contribution in [0.2, 0.25) is 10.0 Å². The molecule has 2 aromatic carbocycles. The van der Waals surface area contributed by atoms with E-state index in [9.17, 15) is 5.11 Å². The lowest BCUT2D eigenvalue weighted by atomic mass is 9.84. The van der Waals surface area contributed by atoms with Gasteiger partial charge in [0.1, 0.15) is 5.82 Å². The molecule has 0 spiro atoms. The van der Waals surface area contributed by atoms with Crippen LogP contribution in [0, 0.1) is 0 Å². The van der Waals surface area contributed by atoms with Crippen LogP contribution in [0.4, 0.5) is 0 Å². The zero-order valence-corrected chi connectivity index (χ0v) is 16.8. The summed E-state index contributed by atoms with van der Waals surface area (Å²) in [7, 11) is 0. The van der Waals surface area contributed by atoms with E-state index in [1.54, 1.807) is 0 Å². The van der Waals surface area contributed by atoms with E-state index in [1.165, 1.54) is 0 Å². The van der Waals surface area contributed by atoms with Crippen LogP contribution in [0.3, 0.4) is 0 Å². The van der Waals surface area contributed by atoms with Crippen molar-refractivity contribution < 1.29 is 5.11 Å². The maximum absolute atomic E-state index is 11.1. The summed E-state index contributed by atoms with van der Waals surface area (Å²) in [5.41, 5.74) is 5.18. The lowest BCUT2D eigenvalue weighted by Crippen LogP contribution is -2.44. The van der Waals surface area contributed by atoms with Crippen molar-refractivity contribution in [2.75, 3.05) is 6.54 Å². The zero-order valence-electron chi connectivity index (χ0n) is 15.3. The Morgan fingerprint density at radius 1 is 1.04 bits per heavy atom. The van der Waals surface area contributed by atoms with Crippen LogP contribution in [-0.4, -0.2) is 32.6 Å². The maximum atomic E-state index is 11.1. The molecular formula is C22H21Cl2N3O. The van der Waals surface area contributed by atoms with Crippen molar-refractivity contribution in [3.63, 3.8) is 0 Å². The van der Waals surface area contributed by atoms with Gasteiger partial charge in [0.05, 0.1) is 22.5 Å². The molecule has 0 amide bonds. The molecule has 0 radical (unpaired) electrons. The van der Waals surface area contributed by atoms with E-state index in [-0.39, 0.29) is 6.04 Å². The topological polar surface area (TPSA) is 52.1 Å². The Bertz CT molecular complexity index is 1030. The van der Waals surface area contributed by atoms with Gasteiger partial charge in [-0.3, -0.25) is 4.90 Å². The lowest BCUT2D eigenvalue weighted by Gasteiger charge is -2.40. The van der Waals surface area contributed by atoms with Gasteiger partial charge in [0.2, 0.25) is 0 Å². The van der Waals surface area contributed by atoms with Gasteiger partial charge in [-0.25, -0.2) is 4.98 Å². The largest absolute Gasteiger partial charge is 0.387 e. The van der Waals surface area contributed by atoms with Crippen molar-refractivity contribution in [2.24, 2.45) is 0 Å². The molecule has 0 saturated carbocycles. The predicted octanol–water partition coefficient (Wildman–Crippen LogP) is 4.79. The monoisotopic (exact) mass is 413 g/mol. The number of aliphatic hydroxyl groups excluding tert-OH is 1. The number of rotatable bonds is 2. The average molecular weight is 414 g/mol. The van der Waals surface area contributed by atoms with Gasteiger partial charge in [0, 0.05) is 41.7 Å². The molecule has 2 atom stereocenters. The van der Waals surface area contributed by atoms with Crippen LogP contribution in [0.15, 0.2) is 42.5 Å². The molecular weight excluding hydrogens is 393 g/mol. The molecule has 0 fully saturated rings. The minimum Gasteiger partial charge on any atom is -0.387 e. The summed E-state index contributed by atoms with van der Waals surface area (Å²) in [5.74, 6) is 0.815. The van der Waals surface area contributed by atoms with E-state index in [4.69, 9.17) is 28.2 Å². The highest BCUT2D eigenvalue weighted by Gasteiger charge is 2.35. The number of aliphatic hydroxyl groups is 1. The van der Waals surface area contributed by atoms with Crippen LogP contribution in [0.25, 0.3) is 11.4 Å². The molecule has 3 aromatic rings. The normalized spacial score (nSPS) is 22.0. The molecule has 4 nitrogen and oxygen atoms in total. The number of nitrogens with zero attached hydrogens (tertiary/aromatic N) is 2. The highest BCUT2D eigenvalue weighted by molar-refractivity contribution is 6.33. The Balaban J connectivity index is 1.41. The van der Waals surface area contributed by atoms with E-state index in [2.05, 4.69) is 16.0 Å². The fourth-order valence-corrected chi connectivity index (χ4v) is 5.08. The van der Waals surface area contributed by atoms with Crippen molar-refractivity contribution in [3.05, 3.63) is 75.0 Å². The third-order valence-corrected chi connectivity index (χ3v) is 6.63. The van der Waals surface area contributed by atoms with Crippen LogP contribution in [-0.2, 0) is 19.4 Å². The summed E-state index contributed by atoms with van der Waals surface area (Å²) in [6.45, 7) is 1.62. The van der Waals surface area contributed by atoms with E-state index >= 15 is 0 Å². The van der Waals surface area contributed by atoms with Gasteiger partial charge < -0.3 is 10.1 Å². The first-order chi connectivity index (χ1) is 13.6. The molecule has 0 saturated heterocycles. The number of aromatic amines is 1. The predicted molar refractivity (Wildman–Crippen MR) is 112 cm³/mol. The van der Waals surface area contributed by atoms with Crippen molar-refractivity contribution in [2.45, 2.75) is 38.0 Å². The van der Waals surface area contributed by atoms with Gasteiger partial charge in [-0.05, 0) is 36.6 Å². The summed E-state index contributed by atoms with van der Waals surface area (Å²) < 4.78 is 0. The molecule has 1 aromatic heterocycles. The summed E-state index contributed by atoms with van der Waals surface area (Å²) in [5, 5.41) is 12.4. The Hall–Kier alpha value is -1.85. The fourth-order valence-electron chi connectivity index (χ4n) is 4.55. The first-order valence-electron chi connectivity index (χ1n) is 9.64. The third kappa shape index (κ3) is 3.05. The highest BCUT2D eigenvalue weighted by atomic mass is 35.5. The Kier molecular flexibility index (Phi) is 4.68. The molecule has 2 aliphatic rings. The van der Waals surface area contributed by atoms with Crippen molar-refractivity contribution in [3.8, 4) is 11.4 Å². The molecule has 2 heterocycles. The molecule has 6 heteroatoms. The van der Waals surface area contributed by atoms with E-state index in [1.807, 2.05) is 36.4 Å². The molecule has 144 valence electrons. The number of H-pyrrole nitrogens is 1. The van der Waals surface area contributed by atoms with Crippen LogP contribution in [0.1, 0.15) is 35.0 Å². The number of hydrogen-bond acceptors (Lipinski definition) is 3. The van der Waals surface area contributed by atoms with Crippen molar-refractivity contribution in [1.82, 2.24) is 14.9 Å². The second kappa shape index (κ2) is 7.20. The molecule has 1 aliphatic carbocycles. The van der Waals surface area contributed by atoms with Gasteiger partial charge in [-0.2, -0.15) is 0 Å². The molecule has 1 aliphatic heterocycles. The number of aryl methyl sites for hydroxylation is 1. The maximum Gasteiger partial charge on any atom is 0.139 e. The van der Waals surface area contributed by atoms with Gasteiger partial charge >= 0.3 is 0 Å². The van der Waals surface area contributed by atoms with Crippen LogP contribution in [0.5, 0.6) is 0 Å². The van der Waals surface area contributed by atoms with E-state index < -0.39 is 6.10 Å². The standard InChI is InChI=1S/C22H21Cl2N3O/c23-15-6-2-1-5-14(15)22-25-17-10-11-27(12-18(17)26-22)19-9-8-13-4-3-7-16(24)20(13)21(19)28/h1-7,19,21,28H,8-12H2,(H,25,26). The number of benzene rings is 2. The summed E-state index contributed by atoms with van der Waals surface area (Å²) in [6, 6.07) is 13.7. The zero-order chi connectivity index (χ0) is 19.3. The summed E-state index contributed by atoms with van der Waals surface area (Å²) >= 11 is 12.7. The van der Waals surface area contributed by atoms with Gasteiger partial charge in [0.25, 0.3) is 0 Å². The number of imidazole rings is 1. The quantitative estimate of drug-likeness (QED) is 0.634. The molecule has 2 unspecified atom stereocenters. The minimum absolute atomic E-state index is 0.0626. The smallest absolute Gasteiger partial charge is 0.139 e. The first-order valence-corrected chi connectivity index (χ1v) is 10.4. The second-order valence-corrected chi connectivity index (χ2v) is 8.39. The molecule has 2 N–H and O–H groups in total. The number of aromatic nitrogens is 2. The highest BCUT2D eigenvalue weighted by Crippen LogP contribution is 2.39. The van der Waals surface area contributed by atoms with Gasteiger partial charge in [-0.15, -0.1) is 0 Å². The Morgan fingerprint density at radius 3 is 2.71 bits per heavy atom. The van der Waals surface area contributed by atoms with Gasteiger partial charge in [0.15, 0.2) is 0 Å². The number of nitrogens with one attached hydrogen (secondary N) is 1. The molecule has 5 rings (SSSR count). The molecule has 28 heavy (non-hydrogen) atoms. The molecule has 0 bridgehead atoms. The van der Waals surface area contributed by atoms with E-state index in [0.717, 1.165) is 66.3 Å². The van der Waals surface area contributed by atoms with E-state index in [0.29, 0.717) is 10.0 Å². The lowest BCUT2D eigenvalue weighted by molar-refractivity contribution is 0.0277. The second-order valence-electron chi connectivity index (χ2n) is 7.57. The Morgan fingerprint density at radius 2 is 1.86 bits per heavy atom. The van der Waals surface area contributed by atoms with Crippen molar-refractivity contribution in [1.29, 1.82) is 0 Å². The van der Waals surface area contributed by atoms with Crippen molar-refractivity contribution >= 4 is 23.2 Å². The third-order valence-electron chi connectivity index (χ3n) is 5.97. The average Bonchev–Trinajstić information content (AvgIpc) is 3.11. The SMILES string of the molecule is OC1c2c(Cl)cccc2CCC1N1CCc2nc(-c3ccccc3Cl)[nH]c2C1. The fraction of sp³-hybridized carbons (Fsp3) is 0.318. The summed E-state index contributed by atoms with van der Waals surface area (Å²) in [6.07, 6.45) is 2.16. The number of halogens is 2. The van der Waals surface area contributed by atoms with Gasteiger partial charge in [-0.1, -0.05) is 47.5 Å². The van der Waals surface area contributed by atoms with Crippen LogP contribution >= 0.6 is 23.2 Å². The van der Waals surface area contributed by atoms with Crippen LogP contribution < -0.4 is 0 Å². The first kappa shape index (κ1) is 18.2. The Labute approximate surface area is 174 Å². The summed E-state index contributed by atoms with van der Waals surface area (Å²) in [4.78, 5) is 10.6. The number of fused-ring (bicyclic) bond motifs is 2.